The van der Waals surface area contributed by atoms with Crippen LogP contribution in [0.4, 0.5) is 4.39 Å². The lowest BCUT2D eigenvalue weighted by atomic mass is 10.2. The van der Waals surface area contributed by atoms with Gasteiger partial charge in [-0.1, -0.05) is 12.1 Å². The minimum Gasteiger partial charge on any atom is -0.480 e. The molecule has 8 heteroatoms. The molecule has 0 radical (unpaired) electrons. The van der Waals surface area contributed by atoms with Crippen LogP contribution in [-0.4, -0.2) is 47.9 Å². The van der Waals surface area contributed by atoms with Gasteiger partial charge in [-0.05, 0) is 17.7 Å². The summed E-state index contributed by atoms with van der Waals surface area (Å²) >= 11 is 1.42. The number of hydrogen-bond donors (Lipinski definition) is 1. The fraction of sp³-hybridized carbons (Fsp3) is 0.417. The fourth-order valence-electron chi connectivity index (χ4n) is 1.99. The van der Waals surface area contributed by atoms with E-state index in [1.807, 2.05) is 0 Å². The van der Waals surface area contributed by atoms with Crippen molar-refractivity contribution in [2.24, 2.45) is 0 Å². The number of nitrogens with zero attached hydrogens (tertiary/aromatic N) is 1. The first kappa shape index (κ1) is 15.3. The third-order valence-corrected chi connectivity index (χ3v) is 5.86. The van der Waals surface area contributed by atoms with Crippen molar-refractivity contribution in [3.8, 4) is 0 Å². The van der Waals surface area contributed by atoms with Gasteiger partial charge in [0.05, 0.1) is 5.75 Å². The van der Waals surface area contributed by atoms with Gasteiger partial charge in [-0.25, -0.2) is 12.8 Å². The minimum atomic E-state index is -3.73. The molecule has 1 aliphatic rings. The zero-order valence-corrected chi connectivity index (χ0v) is 12.2. The summed E-state index contributed by atoms with van der Waals surface area (Å²) in [5, 5.41) is 9.11. The molecule has 1 aliphatic heterocycles. The molecule has 0 bridgehead atoms. The molecule has 110 valence electrons. The van der Waals surface area contributed by atoms with Gasteiger partial charge in [0.15, 0.2) is 0 Å². The predicted octanol–water partition coefficient (Wildman–Crippen LogP) is 1.16. The first-order valence-electron chi connectivity index (χ1n) is 5.94. The first-order valence-corrected chi connectivity index (χ1v) is 8.71. The topological polar surface area (TPSA) is 74.7 Å². The molecule has 1 aromatic rings. The Bertz CT molecular complexity index is 588. The largest absolute Gasteiger partial charge is 0.480 e. The average Bonchev–Trinajstić information content (AvgIpc) is 2.41. The summed E-state index contributed by atoms with van der Waals surface area (Å²) in [5.74, 6) is -1.07. The van der Waals surface area contributed by atoms with E-state index in [1.54, 1.807) is 0 Å². The maximum atomic E-state index is 12.8. The Hall–Kier alpha value is -1.12. The molecule has 1 fully saturated rings. The van der Waals surface area contributed by atoms with Crippen molar-refractivity contribution in [3.05, 3.63) is 35.6 Å². The SMILES string of the molecule is O=C(O)C1CSCCN1S(=O)(=O)Cc1ccc(F)cc1. The van der Waals surface area contributed by atoms with E-state index in [1.165, 1.54) is 36.0 Å². The highest BCUT2D eigenvalue weighted by Crippen LogP contribution is 2.22. The second kappa shape index (κ2) is 6.11. The number of aliphatic carboxylic acids is 1. The van der Waals surface area contributed by atoms with Gasteiger partial charge in [-0.2, -0.15) is 16.1 Å². The number of carboxylic acids is 1. The van der Waals surface area contributed by atoms with Gasteiger partial charge in [0, 0.05) is 18.1 Å². The molecule has 1 atom stereocenters. The zero-order chi connectivity index (χ0) is 14.8. The van der Waals surface area contributed by atoms with Crippen molar-refractivity contribution in [3.63, 3.8) is 0 Å². The van der Waals surface area contributed by atoms with E-state index >= 15 is 0 Å². The van der Waals surface area contributed by atoms with Crippen LogP contribution in [0.1, 0.15) is 5.56 Å². The Morgan fingerprint density at radius 1 is 1.40 bits per heavy atom. The van der Waals surface area contributed by atoms with E-state index in [9.17, 15) is 17.6 Å². The molecule has 1 saturated heterocycles. The minimum absolute atomic E-state index is 0.186. The lowest BCUT2D eigenvalue weighted by Crippen LogP contribution is -2.50. The van der Waals surface area contributed by atoms with Gasteiger partial charge >= 0.3 is 5.97 Å². The van der Waals surface area contributed by atoms with Crippen LogP contribution in [0.5, 0.6) is 0 Å². The van der Waals surface area contributed by atoms with Crippen LogP contribution >= 0.6 is 11.8 Å². The molecule has 1 aromatic carbocycles. The van der Waals surface area contributed by atoms with Crippen LogP contribution in [0.2, 0.25) is 0 Å². The standard InChI is InChI=1S/C12H14FNO4S2/c13-10-3-1-9(2-4-10)8-20(17,18)14-5-6-19-7-11(14)12(15)16/h1-4,11H,5-8H2,(H,15,16). The molecular weight excluding hydrogens is 305 g/mol. The molecule has 2 rings (SSSR count). The van der Waals surface area contributed by atoms with Crippen molar-refractivity contribution in [2.75, 3.05) is 18.1 Å². The van der Waals surface area contributed by atoms with E-state index < -0.39 is 27.9 Å². The number of carbonyl (C=O) groups is 1. The molecule has 1 unspecified atom stereocenters. The predicted molar refractivity (Wildman–Crippen MR) is 74.5 cm³/mol. The molecule has 20 heavy (non-hydrogen) atoms. The monoisotopic (exact) mass is 319 g/mol. The third kappa shape index (κ3) is 3.50. The molecule has 0 saturated carbocycles. The summed E-state index contributed by atoms with van der Waals surface area (Å²) in [6, 6.07) is 4.12. The maximum absolute atomic E-state index is 12.8. The number of rotatable bonds is 4. The van der Waals surface area contributed by atoms with Crippen LogP contribution in [0.15, 0.2) is 24.3 Å². The van der Waals surface area contributed by atoms with E-state index in [-0.39, 0.29) is 18.1 Å². The Labute approximate surface area is 120 Å². The van der Waals surface area contributed by atoms with Gasteiger partial charge in [-0.3, -0.25) is 4.79 Å². The maximum Gasteiger partial charge on any atom is 0.322 e. The summed E-state index contributed by atoms with van der Waals surface area (Å²) in [4.78, 5) is 11.1. The Morgan fingerprint density at radius 2 is 2.05 bits per heavy atom. The van der Waals surface area contributed by atoms with Crippen molar-refractivity contribution < 1.29 is 22.7 Å². The van der Waals surface area contributed by atoms with Crippen molar-refractivity contribution in [1.29, 1.82) is 0 Å². The number of thioether (sulfide) groups is 1. The third-order valence-electron chi connectivity index (χ3n) is 2.98. The Kier molecular flexibility index (Phi) is 4.66. The quantitative estimate of drug-likeness (QED) is 0.901. The first-order chi connectivity index (χ1) is 9.40. The second-order valence-corrected chi connectivity index (χ2v) is 7.49. The van der Waals surface area contributed by atoms with Crippen molar-refractivity contribution in [2.45, 2.75) is 11.8 Å². The number of benzene rings is 1. The molecule has 1 N–H and O–H groups in total. The summed E-state index contributed by atoms with van der Waals surface area (Å²) in [6.07, 6.45) is 0. The number of halogens is 1. The van der Waals surface area contributed by atoms with Gasteiger partial charge in [-0.15, -0.1) is 0 Å². The van der Waals surface area contributed by atoms with Crippen molar-refractivity contribution in [1.82, 2.24) is 4.31 Å². The Morgan fingerprint density at radius 3 is 2.65 bits per heavy atom. The molecule has 0 amide bonds. The fourth-order valence-corrected chi connectivity index (χ4v) is 4.94. The van der Waals surface area contributed by atoms with Crippen molar-refractivity contribution >= 4 is 27.8 Å². The van der Waals surface area contributed by atoms with Crippen LogP contribution in [0.3, 0.4) is 0 Å². The molecule has 1 heterocycles. The normalized spacial score (nSPS) is 20.8. The smallest absolute Gasteiger partial charge is 0.322 e. The molecule has 0 spiro atoms. The van der Waals surface area contributed by atoms with Gasteiger partial charge in [0.25, 0.3) is 0 Å². The zero-order valence-electron chi connectivity index (χ0n) is 10.5. The van der Waals surface area contributed by atoms with E-state index in [4.69, 9.17) is 5.11 Å². The number of carboxylic acid groups (broad SMARTS) is 1. The van der Waals surface area contributed by atoms with Crippen LogP contribution in [0, 0.1) is 5.82 Å². The summed E-state index contributed by atoms with van der Waals surface area (Å²) < 4.78 is 38.5. The van der Waals surface area contributed by atoms with E-state index in [0.717, 1.165) is 4.31 Å². The highest BCUT2D eigenvalue weighted by molar-refractivity contribution is 7.99. The lowest BCUT2D eigenvalue weighted by molar-refractivity contribution is -0.140. The average molecular weight is 319 g/mol. The van der Waals surface area contributed by atoms with E-state index in [0.29, 0.717) is 11.3 Å². The summed E-state index contributed by atoms with van der Waals surface area (Å²) in [6.45, 7) is 0.186. The molecule has 0 aromatic heterocycles. The van der Waals surface area contributed by atoms with Gasteiger partial charge in [0.1, 0.15) is 11.9 Å². The molecule has 0 aliphatic carbocycles. The lowest BCUT2D eigenvalue weighted by Gasteiger charge is -2.31. The highest BCUT2D eigenvalue weighted by Gasteiger charge is 2.36. The second-order valence-electron chi connectivity index (χ2n) is 4.42. The molecule has 5 nitrogen and oxygen atoms in total. The number of sulfonamides is 1. The summed E-state index contributed by atoms with van der Waals surface area (Å²) in [7, 11) is -3.73. The van der Waals surface area contributed by atoms with Crippen LogP contribution < -0.4 is 0 Å². The Balaban J connectivity index is 2.20. The summed E-state index contributed by atoms with van der Waals surface area (Å²) in [5.41, 5.74) is 0.439. The van der Waals surface area contributed by atoms with E-state index in [2.05, 4.69) is 0 Å². The number of hydrogen-bond acceptors (Lipinski definition) is 4. The highest BCUT2D eigenvalue weighted by atomic mass is 32.2. The van der Waals surface area contributed by atoms with Gasteiger partial charge < -0.3 is 5.11 Å². The molecular formula is C12H14FNO4S2. The van der Waals surface area contributed by atoms with Gasteiger partial charge in [0.2, 0.25) is 10.0 Å². The van der Waals surface area contributed by atoms with Crippen LogP contribution in [-0.2, 0) is 20.6 Å². The van der Waals surface area contributed by atoms with Crippen LogP contribution in [0.25, 0.3) is 0 Å².